The molecule has 3 aromatic rings. The number of ether oxygens (including phenoxy) is 5. The highest BCUT2D eigenvalue weighted by atomic mass is 35.5. The van der Waals surface area contributed by atoms with Gasteiger partial charge in [-0.2, -0.15) is 13.1 Å². The maximum Gasteiger partial charge on any atom is 0.387 e. The lowest BCUT2D eigenvalue weighted by atomic mass is 10.0. The number of halogens is 4. The predicted octanol–water partition coefficient (Wildman–Crippen LogP) is 5.68. The minimum atomic E-state index is -4.23. The van der Waals surface area contributed by atoms with Gasteiger partial charge in [0.05, 0.1) is 41.8 Å². The van der Waals surface area contributed by atoms with Gasteiger partial charge in [-0.15, -0.1) is 4.65 Å². The van der Waals surface area contributed by atoms with E-state index in [0.29, 0.717) is 36.8 Å². The van der Waals surface area contributed by atoms with Gasteiger partial charge in [-0.3, -0.25) is 9.78 Å². The first-order valence-electron chi connectivity index (χ1n) is 16.2. The number of morpholine rings is 1. The van der Waals surface area contributed by atoms with Crippen LogP contribution in [0.3, 0.4) is 0 Å². The third kappa shape index (κ3) is 10.0. The molecule has 17 heteroatoms. The third-order valence-electron chi connectivity index (χ3n) is 8.79. The Kier molecular flexibility index (Phi) is 13.5. The smallest absolute Gasteiger partial charge is 0.387 e. The van der Waals surface area contributed by atoms with E-state index in [4.69, 9.17) is 51.7 Å². The van der Waals surface area contributed by atoms with Crippen LogP contribution in [0.2, 0.25) is 10.0 Å². The Morgan fingerprint density at radius 3 is 2.45 bits per heavy atom. The van der Waals surface area contributed by atoms with Crippen LogP contribution < -0.4 is 9.47 Å². The fraction of sp³-hybridized carbons (Fsp3) is 0.471. The number of aromatic nitrogens is 1. The van der Waals surface area contributed by atoms with E-state index >= 15 is 0 Å². The van der Waals surface area contributed by atoms with Crippen LogP contribution in [0.1, 0.15) is 30.1 Å². The van der Waals surface area contributed by atoms with Crippen molar-refractivity contribution in [2.75, 3.05) is 60.2 Å². The van der Waals surface area contributed by atoms with Crippen molar-refractivity contribution in [1.29, 1.82) is 0 Å². The molecule has 1 aliphatic carbocycles. The molecule has 1 saturated carbocycles. The predicted molar refractivity (Wildman–Crippen MR) is 182 cm³/mol. The lowest BCUT2D eigenvalue weighted by Crippen LogP contribution is -2.63. The first-order chi connectivity index (χ1) is 24.5. The Bertz CT molecular complexity index is 1720. The van der Waals surface area contributed by atoms with Gasteiger partial charge in [0.25, 0.3) is 0 Å². The highest BCUT2D eigenvalue weighted by Crippen LogP contribution is 2.38. The zero-order chi connectivity index (χ0) is 36.6. The lowest BCUT2D eigenvalue weighted by molar-refractivity contribution is -1.14. The first kappa shape index (κ1) is 39.1. The molecule has 2 unspecified atom stereocenters. The van der Waals surface area contributed by atoms with E-state index < -0.39 is 41.5 Å². The molecule has 0 spiro atoms. The fourth-order valence-corrected chi connectivity index (χ4v) is 7.63. The Morgan fingerprint density at radius 1 is 1.08 bits per heavy atom. The Morgan fingerprint density at radius 2 is 1.80 bits per heavy atom. The van der Waals surface area contributed by atoms with Crippen LogP contribution in [0.5, 0.6) is 11.5 Å². The van der Waals surface area contributed by atoms with E-state index in [0.717, 1.165) is 17.1 Å². The van der Waals surface area contributed by atoms with Gasteiger partial charge in [0.2, 0.25) is 16.3 Å². The molecule has 2 fully saturated rings. The second kappa shape index (κ2) is 17.6. The van der Waals surface area contributed by atoms with Crippen LogP contribution in [0.15, 0.2) is 65.8 Å². The summed E-state index contributed by atoms with van der Waals surface area (Å²) in [5.41, 5.74) is 0.745. The maximum absolute atomic E-state index is 14.0. The van der Waals surface area contributed by atoms with Crippen LogP contribution in [-0.2, 0) is 40.3 Å². The molecule has 2 aromatic carbocycles. The van der Waals surface area contributed by atoms with Crippen molar-refractivity contribution in [3.63, 3.8) is 0 Å². The van der Waals surface area contributed by atoms with Crippen LogP contribution in [-0.4, -0.2) is 101 Å². The largest absolute Gasteiger partial charge is 0.489 e. The number of alkyl halides is 2. The second-order valence-electron chi connectivity index (χ2n) is 12.1. The van der Waals surface area contributed by atoms with Crippen molar-refractivity contribution < 1.29 is 55.2 Å². The molecule has 1 saturated heterocycles. The third-order valence-corrected chi connectivity index (χ3v) is 11.3. The normalized spacial score (nSPS) is 20.0. The molecule has 3 atom stereocenters. The number of nitrogens with zero attached hydrogens (tertiary/aromatic N) is 3. The van der Waals surface area contributed by atoms with Crippen LogP contribution in [0.4, 0.5) is 8.78 Å². The number of carbonyl (C=O) groups is 1. The first-order valence-corrected chi connectivity index (χ1v) is 18.4. The number of carbonyl (C=O) groups excluding carboxylic acids is 1. The summed E-state index contributed by atoms with van der Waals surface area (Å²) in [6.07, 6.45) is 2.96. The van der Waals surface area contributed by atoms with Crippen LogP contribution in [0.25, 0.3) is 0 Å². The monoisotopic (exact) mass is 774 g/mol. The second-order valence-corrected chi connectivity index (χ2v) is 14.9. The molecule has 5 rings (SSSR count). The summed E-state index contributed by atoms with van der Waals surface area (Å²) in [5.74, 6) is -0.756. The van der Waals surface area contributed by atoms with Crippen molar-refractivity contribution in [2.24, 2.45) is 5.92 Å². The topological polar surface area (TPSA) is 123 Å². The number of rotatable bonds is 18. The van der Waals surface area contributed by atoms with Crippen LogP contribution in [0, 0.1) is 5.92 Å². The maximum atomic E-state index is 14.0. The molecule has 51 heavy (non-hydrogen) atoms. The van der Waals surface area contributed by atoms with E-state index in [9.17, 15) is 22.0 Å². The van der Waals surface area contributed by atoms with Gasteiger partial charge in [-0.05, 0) is 54.2 Å². The lowest BCUT2D eigenvalue weighted by Gasteiger charge is -2.42. The molecule has 278 valence electrons. The standard InChI is InChI=1S/C34H40Cl2F2N3O9S/c1-45-32-22-47-15-14-41(32,46-2)13-12-40(51(43,44)25-6-4-3-5-7-25)20-33(42)49-30(17-26-27(35)18-39-19-28(26)36)24-10-11-29(50-34(37)38)31(16-24)48-21-23-8-9-23/h3-7,10-11,16,18-19,23,30,32,34H,8-9,12-15,17,20-22H2,1-2H3/q+1/t30?,32?,41-/m0/s1. The summed E-state index contributed by atoms with van der Waals surface area (Å²) in [5, 5.41) is 0.401. The van der Waals surface area contributed by atoms with E-state index in [1.807, 2.05) is 0 Å². The number of sulfonamides is 1. The Balaban J connectivity index is 1.46. The van der Waals surface area contributed by atoms with Gasteiger partial charge < -0.3 is 23.7 Å². The number of methoxy groups -OCH3 is 1. The molecule has 1 aromatic heterocycles. The SMILES string of the molecule is COC1COCC[N@+]1(CCN(CC(=O)OC(Cc1c(Cl)cncc1Cl)c1ccc(OC(F)F)c(OCC2CC2)c1)S(=O)(=O)c1ccccc1)OC. The summed E-state index contributed by atoms with van der Waals surface area (Å²) in [6.45, 7) is -2.55. The van der Waals surface area contributed by atoms with E-state index in [-0.39, 0.29) is 57.2 Å². The number of hydroxylamine groups is 3. The molecule has 2 heterocycles. The van der Waals surface area contributed by atoms with Gasteiger partial charge in [0, 0.05) is 25.9 Å². The fourth-order valence-electron chi connectivity index (χ4n) is 5.71. The molecule has 12 nitrogen and oxygen atoms in total. The summed E-state index contributed by atoms with van der Waals surface area (Å²) in [4.78, 5) is 23.7. The van der Waals surface area contributed by atoms with Gasteiger partial charge in [-0.25, -0.2) is 13.3 Å². The molecule has 2 aliphatic rings. The van der Waals surface area contributed by atoms with Gasteiger partial charge >= 0.3 is 12.6 Å². The van der Waals surface area contributed by atoms with E-state index in [1.165, 1.54) is 56.9 Å². The van der Waals surface area contributed by atoms with Crippen molar-refractivity contribution in [1.82, 2.24) is 9.29 Å². The quantitative estimate of drug-likeness (QED) is 0.118. The Hall–Kier alpha value is -3.15. The van der Waals surface area contributed by atoms with Crippen molar-refractivity contribution in [2.45, 2.75) is 43.1 Å². The number of quaternary nitrogens is 1. The highest BCUT2D eigenvalue weighted by molar-refractivity contribution is 7.89. The number of esters is 1. The Labute approximate surface area is 305 Å². The number of hydrogen-bond donors (Lipinski definition) is 0. The molecular formula is C34H40Cl2F2N3O9S+. The summed E-state index contributed by atoms with van der Waals surface area (Å²) >= 11 is 12.9. The van der Waals surface area contributed by atoms with Crippen molar-refractivity contribution >= 4 is 39.2 Å². The molecule has 0 radical (unpaired) electrons. The van der Waals surface area contributed by atoms with Gasteiger partial charge in [0.15, 0.2) is 11.5 Å². The van der Waals surface area contributed by atoms with E-state index in [1.54, 1.807) is 18.2 Å². The minimum absolute atomic E-state index is 0.0222. The zero-order valence-electron chi connectivity index (χ0n) is 28.1. The number of benzene rings is 2. The highest BCUT2D eigenvalue weighted by Gasteiger charge is 2.43. The number of pyridine rings is 1. The molecule has 0 amide bonds. The van der Waals surface area contributed by atoms with Gasteiger partial charge in [-0.1, -0.05) is 47.5 Å². The van der Waals surface area contributed by atoms with E-state index in [2.05, 4.69) is 4.98 Å². The van der Waals surface area contributed by atoms with Crippen molar-refractivity contribution in [3.05, 3.63) is 82.1 Å². The zero-order valence-corrected chi connectivity index (χ0v) is 30.4. The van der Waals surface area contributed by atoms with Crippen LogP contribution >= 0.6 is 23.2 Å². The summed E-state index contributed by atoms with van der Waals surface area (Å²) in [6, 6.07) is 11.9. The summed E-state index contributed by atoms with van der Waals surface area (Å²) < 4.78 is 83.2. The average Bonchev–Trinajstić information content (AvgIpc) is 3.95. The summed E-state index contributed by atoms with van der Waals surface area (Å²) in [7, 11) is -1.21. The molecular weight excluding hydrogens is 735 g/mol. The molecule has 0 bridgehead atoms. The molecule has 1 aliphatic heterocycles. The minimum Gasteiger partial charge on any atom is -0.489 e. The van der Waals surface area contributed by atoms with Gasteiger partial charge in [0.1, 0.15) is 32.3 Å². The average molecular weight is 776 g/mol. The van der Waals surface area contributed by atoms with Crippen molar-refractivity contribution in [3.8, 4) is 11.5 Å². The number of hydrogen-bond acceptors (Lipinski definition) is 10. The molecule has 0 N–H and O–H groups in total.